The summed E-state index contributed by atoms with van der Waals surface area (Å²) >= 11 is 5.83. The van der Waals surface area contributed by atoms with Crippen LogP contribution in [0, 0.1) is 23.2 Å². The molecule has 0 aromatic carbocycles. The van der Waals surface area contributed by atoms with Crippen LogP contribution in [-0.4, -0.2) is 5.24 Å². The highest BCUT2D eigenvalue weighted by Gasteiger charge is 2.62. The third-order valence-electron chi connectivity index (χ3n) is 4.90. The highest BCUT2D eigenvalue weighted by Crippen LogP contribution is 2.66. The van der Waals surface area contributed by atoms with Crippen molar-refractivity contribution in [2.45, 2.75) is 38.5 Å². The molecule has 3 saturated carbocycles. The van der Waals surface area contributed by atoms with Gasteiger partial charge in [-0.1, -0.05) is 6.42 Å². The Labute approximate surface area is 83.8 Å². The number of carbonyl (C=O) groups excluding carboxylic acids is 1. The molecule has 0 aliphatic heterocycles. The van der Waals surface area contributed by atoms with Crippen LogP contribution in [0.25, 0.3) is 0 Å². The number of fused-ring (bicyclic) bond motifs is 5. The quantitative estimate of drug-likeness (QED) is 0.592. The topological polar surface area (TPSA) is 17.1 Å². The Kier molecular flexibility index (Phi) is 1.59. The van der Waals surface area contributed by atoms with Crippen molar-refractivity contribution >= 4 is 16.8 Å². The number of halogens is 1. The Morgan fingerprint density at radius 3 is 2.85 bits per heavy atom. The van der Waals surface area contributed by atoms with Crippen molar-refractivity contribution < 1.29 is 4.79 Å². The van der Waals surface area contributed by atoms with Crippen LogP contribution in [0.3, 0.4) is 0 Å². The first-order valence-electron chi connectivity index (χ1n) is 5.45. The van der Waals surface area contributed by atoms with Gasteiger partial charge in [0.15, 0.2) is 0 Å². The van der Waals surface area contributed by atoms with Gasteiger partial charge in [0.2, 0.25) is 5.24 Å². The molecule has 13 heavy (non-hydrogen) atoms. The second kappa shape index (κ2) is 2.50. The van der Waals surface area contributed by atoms with Gasteiger partial charge in [-0.05, 0) is 61.5 Å². The van der Waals surface area contributed by atoms with Crippen molar-refractivity contribution in [3.8, 4) is 0 Å². The summed E-state index contributed by atoms with van der Waals surface area (Å²) in [7, 11) is 0. The molecule has 0 aromatic heterocycles. The molecule has 72 valence electrons. The maximum absolute atomic E-state index is 11.6. The van der Waals surface area contributed by atoms with Crippen molar-refractivity contribution in [1.29, 1.82) is 0 Å². The maximum atomic E-state index is 11.6. The predicted molar refractivity (Wildman–Crippen MR) is 51.5 cm³/mol. The van der Waals surface area contributed by atoms with Crippen LogP contribution in [0.15, 0.2) is 0 Å². The lowest BCUT2D eigenvalue weighted by atomic mass is 9.69. The summed E-state index contributed by atoms with van der Waals surface area (Å²) in [6.45, 7) is 0. The molecule has 0 saturated heterocycles. The number of hydrogen-bond acceptors (Lipinski definition) is 1. The fourth-order valence-corrected chi connectivity index (χ4v) is 4.86. The Balaban J connectivity index is 2.04. The van der Waals surface area contributed by atoms with Gasteiger partial charge in [0.05, 0.1) is 5.41 Å². The van der Waals surface area contributed by atoms with E-state index in [2.05, 4.69) is 0 Å². The largest absolute Gasteiger partial charge is 0.281 e. The second-order valence-electron chi connectivity index (χ2n) is 5.08. The van der Waals surface area contributed by atoms with Gasteiger partial charge in [-0.25, -0.2) is 0 Å². The fourth-order valence-electron chi connectivity index (χ4n) is 4.47. The van der Waals surface area contributed by atoms with E-state index < -0.39 is 0 Å². The number of rotatable bonds is 1. The molecular weight excluding hydrogens is 184 g/mol. The number of carbonyl (C=O) groups is 1. The average molecular weight is 199 g/mol. The van der Waals surface area contributed by atoms with Gasteiger partial charge >= 0.3 is 0 Å². The number of hydrogen-bond donors (Lipinski definition) is 0. The molecule has 0 amide bonds. The van der Waals surface area contributed by atoms with E-state index in [1.165, 1.54) is 32.1 Å². The van der Waals surface area contributed by atoms with E-state index in [9.17, 15) is 4.79 Å². The summed E-state index contributed by atoms with van der Waals surface area (Å²) in [5.41, 5.74) is -0.0511. The molecule has 1 nitrogen and oxygen atoms in total. The Morgan fingerprint density at radius 2 is 2.15 bits per heavy atom. The summed E-state index contributed by atoms with van der Waals surface area (Å²) in [5, 5.41) is -0.0119. The minimum absolute atomic E-state index is 0.0119. The van der Waals surface area contributed by atoms with Crippen molar-refractivity contribution in [3.63, 3.8) is 0 Å². The van der Waals surface area contributed by atoms with E-state index >= 15 is 0 Å². The van der Waals surface area contributed by atoms with E-state index in [0.717, 1.165) is 12.3 Å². The minimum Gasteiger partial charge on any atom is -0.281 e. The molecule has 0 unspecified atom stereocenters. The first-order chi connectivity index (χ1) is 6.25. The summed E-state index contributed by atoms with van der Waals surface area (Å²) in [4.78, 5) is 11.6. The van der Waals surface area contributed by atoms with Crippen LogP contribution < -0.4 is 0 Å². The smallest absolute Gasteiger partial charge is 0.228 e. The monoisotopic (exact) mass is 198 g/mol. The molecule has 0 radical (unpaired) electrons. The summed E-state index contributed by atoms with van der Waals surface area (Å²) in [6, 6.07) is 0. The molecule has 3 aliphatic rings. The zero-order valence-electron chi connectivity index (χ0n) is 7.76. The zero-order valence-corrected chi connectivity index (χ0v) is 8.52. The standard InChI is InChI=1S/C11H15ClO/c12-10(13)11-5-1-2-9(11)7-3-4-8(11)6-7/h7-9H,1-6H2/t7-,8+,9+,11+/m0/s1. The van der Waals surface area contributed by atoms with Crippen LogP contribution in [0.5, 0.6) is 0 Å². The van der Waals surface area contributed by atoms with E-state index in [0.29, 0.717) is 11.8 Å². The van der Waals surface area contributed by atoms with Crippen LogP contribution in [0.2, 0.25) is 0 Å². The summed E-state index contributed by atoms with van der Waals surface area (Å²) in [6.07, 6.45) is 7.50. The van der Waals surface area contributed by atoms with Gasteiger partial charge in [-0.2, -0.15) is 0 Å². The van der Waals surface area contributed by atoms with E-state index in [1.807, 2.05) is 0 Å². The lowest BCUT2D eigenvalue weighted by Crippen LogP contribution is -2.37. The summed E-state index contributed by atoms with van der Waals surface area (Å²) < 4.78 is 0. The Morgan fingerprint density at radius 1 is 1.31 bits per heavy atom. The molecule has 2 heteroatoms. The molecule has 3 aliphatic carbocycles. The van der Waals surface area contributed by atoms with Gasteiger partial charge < -0.3 is 0 Å². The predicted octanol–water partition coefficient (Wildman–Crippen LogP) is 2.97. The Hall–Kier alpha value is -0.0400. The normalized spacial score (nSPS) is 52.5. The van der Waals surface area contributed by atoms with Crippen molar-refractivity contribution in [1.82, 2.24) is 0 Å². The fraction of sp³-hybridized carbons (Fsp3) is 0.909. The van der Waals surface area contributed by atoms with E-state index in [4.69, 9.17) is 11.6 Å². The molecular formula is C11H15ClO. The molecule has 0 aromatic rings. The molecule has 2 bridgehead atoms. The Bertz CT molecular complexity index is 263. The average Bonchev–Trinajstić information content (AvgIpc) is 2.76. The first kappa shape index (κ1) is 8.28. The van der Waals surface area contributed by atoms with Crippen LogP contribution in [0.1, 0.15) is 38.5 Å². The van der Waals surface area contributed by atoms with Gasteiger partial charge in [-0.3, -0.25) is 4.79 Å². The molecule has 3 rings (SSSR count). The van der Waals surface area contributed by atoms with Gasteiger partial charge in [0.25, 0.3) is 0 Å². The SMILES string of the molecule is O=C(Cl)[C@@]12CCC[C@@H]1[C@H]1CC[C@@H]2C1. The lowest BCUT2D eigenvalue weighted by Gasteiger charge is -2.35. The molecule has 4 atom stereocenters. The van der Waals surface area contributed by atoms with E-state index in [1.54, 1.807) is 0 Å². The first-order valence-corrected chi connectivity index (χ1v) is 5.83. The van der Waals surface area contributed by atoms with Crippen molar-refractivity contribution in [3.05, 3.63) is 0 Å². The molecule has 0 N–H and O–H groups in total. The third kappa shape index (κ3) is 0.823. The maximum Gasteiger partial charge on any atom is 0.228 e. The highest BCUT2D eigenvalue weighted by molar-refractivity contribution is 6.64. The molecule has 0 spiro atoms. The van der Waals surface area contributed by atoms with Crippen LogP contribution in [-0.2, 0) is 4.79 Å². The van der Waals surface area contributed by atoms with Crippen LogP contribution in [0.4, 0.5) is 0 Å². The lowest BCUT2D eigenvalue weighted by molar-refractivity contribution is -0.125. The second-order valence-corrected chi connectivity index (χ2v) is 5.43. The zero-order chi connectivity index (χ0) is 9.05. The molecule has 0 heterocycles. The van der Waals surface area contributed by atoms with Gasteiger partial charge in [0.1, 0.15) is 0 Å². The summed E-state index contributed by atoms with van der Waals surface area (Å²) in [5.74, 6) is 2.15. The third-order valence-corrected chi connectivity index (χ3v) is 5.26. The van der Waals surface area contributed by atoms with Crippen molar-refractivity contribution in [2.24, 2.45) is 23.2 Å². The minimum atomic E-state index is -0.0511. The van der Waals surface area contributed by atoms with Crippen LogP contribution >= 0.6 is 11.6 Å². The van der Waals surface area contributed by atoms with Gasteiger partial charge in [-0.15, -0.1) is 0 Å². The van der Waals surface area contributed by atoms with Gasteiger partial charge in [0, 0.05) is 0 Å². The van der Waals surface area contributed by atoms with E-state index in [-0.39, 0.29) is 10.7 Å². The highest BCUT2D eigenvalue weighted by atomic mass is 35.5. The molecule has 3 fully saturated rings. The van der Waals surface area contributed by atoms with Crippen molar-refractivity contribution in [2.75, 3.05) is 0 Å².